The lowest BCUT2D eigenvalue weighted by atomic mass is 9.83. The van der Waals surface area contributed by atoms with Crippen LogP contribution in [-0.2, 0) is 9.59 Å². The highest BCUT2D eigenvalue weighted by atomic mass is 16.5. The quantitative estimate of drug-likeness (QED) is 0.661. The molecule has 6 heteroatoms. The lowest BCUT2D eigenvalue weighted by Crippen LogP contribution is -2.48. The summed E-state index contributed by atoms with van der Waals surface area (Å²) in [6.45, 7) is 3.21. The molecule has 0 aliphatic carbocycles. The molecule has 1 saturated heterocycles. The minimum Gasteiger partial charge on any atom is -0.496 e. The van der Waals surface area contributed by atoms with E-state index in [2.05, 4.69) is 12.2 Å². The zero-order valence-corrected chi connectivity index (χ0v) is 15.7. The van der Waals surface area contributed by atoms with E-state index >= 15 is 0 Å². The Balaban J connectivity index is 2.35. The number of hydrogen-bond donors (Lipinski definition) is 2. The van der Waals surface area contributed by atoms with E-state index in [0.717, 1.165) is 18.4 Å². The molecule has 26 heavy (non-hydrogen) atoms. The van der Waals surface area contributed by atoms with Crippen LogP contribution in [0.2, 0.25) is 0 Å². The van der Waals surface area contributed by atoms with Gasteiger partial charge < -0.3 is 20.1 Å². The number of unbranched alkanes of at least 4 members (excludes halogenated alkanes) is 1. The van der Waals surface area contributed by atoms with Gasteiger partial charge in [-0.05, 0) is 25.3 Å². The summed E-state index contributed by atoms with van der Waals surface area (Å²) in [5.41, 5.74) is 0.876. The van der Waals surface area contributed by atoms with Crippen LogP contribution in [0.3, 0.4) is 0 Å². The summed E-state index contributed by atoms with van der Waals surface area (Å²) >= 11 is 0. The number of benzene rings is 1. The Morgan fingerprint density at radius 3 is 2.81 bits per heavy atom. The number of nitrogens with one attached hydrogen (secondary N) is 1. The summed E-state index contributed by atoms with van der Waals surface area (Å²) in [6, 6.07) is 7.28. The maximum atomic E-state index is 12.8. The highest BCUT2D eigenvalue weighted by Gasteiger charge is 2.41. The number of piperidine rings is 1. The van der Waals surface area contributed by atoms with Crippen LogP contribution in [-0.4, -0.2) is 48.6 Å². The molecule has 0 bridgehead atoms. The second-order valence-corrected chi connectivity index (χ2v) is 6.64. The fraction of sp³-hybridized carbons (Fsp3) is 0.600. The molecule has 2 atom stereocenters. The van der Waals surface area contributed by atoms with Crippen molar-refractivity contribution in [1.82, 2.24) is 10.2 Å². The molecule has 2 rings (SSSR count). The molecular formula is C20H30N2O4. The largest absolute Gasteiger partial charge is 0.496 e. The number of amides is 2. The molecule has 1 aromatic carbocycles. The third kappa shape index (κ3) is 4.75. The topological polar surface area (TPSA) is 78.9 Å². The van der Waals surface area contributed by atoms with Gasteiger partial charge in [-0.25, -0.2) is 0 Å². The predicted octanol–water partition coefficient (Wildman–Crippen LogP) is 2.27. The monoisotopic (exact) mass is 362 g/mol. The first kappa shape index (κ1) is 20.2. The summed E-state index contributed by atoms with van der Waals surface area (Å²) in [7, 11) is 1.61. The third-order valence-corrected chi connectivity index (χ3v) is 4.89. The minimum absolute atomic E-state index is 0.0436. The summed E-state index contributed by atoms with van der Waals surface area (Å²) < 4.78 is 5.51. The van der Waals surface area contributed by atoms with Gasteiger partial charge in [-0.15, -0.1) is 0 Å². The SMILES string of the molecule is CCCCN1C(=O)CCC(C(=O)NCCCO)C1c1ccccc1OC. The van der Waals surface area contributed by atoms with E-state index in [9.17, 15) is 9.59 Å². The fourth-order valence-corrected chi connectivity index (χ4v) is 3.54. The highest BCUT2D eigenvalue weighted by Crippen LogP contribution is 2.40. The Bertz CT molecular complexity index is 605. The van der Waals surface area contributed by atoms with Crippen molar-refractivity contribution in [3.63, 3.8) is 0 Å². The van der Waals surface area contributed by atoms with Crippen molar-refractivity contribution >= 4 is 11.8 Å². The first-order valence-corrected chi connectivity index (χ1v) is 9.45. The molecule has 1 heterocycles. The number of methoxy groups -OCH3 is 1. The zero-order chi connectivity index (χ0) is 18.9. The molecule has 144 valence electrons. The normalized spacial score (nSPS) is 20.1. The lowest BCUT2D eigenvalue weighted by molar-refractivity contribution is -0.143. The molecule has 0 aromatic heterocycles. The summed E-state index contributed by atoms with van der Waals surface area (Å²) in [5, 5.41) is 11.8. The van der Waals surface area contributed by atoms with Crippen LogP contribution < -0.4 is 10.1 Å². The van der Waals surface area contributed by atoms with Crippen molar-refractivity contribution < 1.29 is 19.4 Å². The maximum absolute atomic E-state index is 12.8. The van der Waals surface area contributed by atoms with E-state index in [4.69, 9.17) is 9.84 Å². The van der Waals surface area contributed by atoms with Crippen LogP contribution in [0.25, 0.3) is 0 Å². The predicted molar refractivity (Wildman–Crippen MR) is 99.8 cm³/mol. The van der Waals surface area contributed by atoms with Gasteiger partial charge in [0.25, 0.3) is 0 Å². The summed E-state index contributed by atoms with van der Waals surface area (Å²) in [4.78, 5) is 27.3. The maximum Gasteiger partial charge on any atom is 0.225 e. The number of carbonyl (C=O) groups excluding carboxylic acids is 2. The molecule has 0 spiro atoms. The molecule has 1 aromatic rings. The first-order chi connectivity index (χ1) is 12.6. The Morgan fingerprint density at radius 1 is 1.35 bits per heavy atom. The average Bonchev–Trinajstić information content (AvgIpc) is 2.66. The number of para-hydroxylation sites is 1. The molecule has 0 radical (unpaired) electrons. The van der Waals surface area contributed by atoms with Crippen LogP contribution >= 0.6 is 0 Å². The number of likely N-dealkylation sites (tertiary alicyclic amines) is 1. The van der Waals surface area contributed by atoms with E-state index in [1.807, 2.05) is 29.2 Å². The lowest BCUT2D eigenvalue weighted by Gasteiger charge is -2.41. The zero-order valence-electron chi connectivity index (χ0n) is 15.7. The van der Waals surface area contributed by atoms with Crippen LogP contribution in [0.4, 0.5) is 0 Å². The second-order valence-electron chi connectivity index (χ2n) is 6.64. The van der Waals surface area contributed by atoms with Crippen molar-refractivity contribution in [1.29, 1.82) is 0 Å². The van der Waals surface area contributed by atoms with E-state index in [1.165, 1.54) is 0 Å². The number of hydrogen-bond acceptors (Lipinski definition) is 4. The van der Waals surface area contributed by atoms with Crippen LogP contribution in [0.5, 0.6) is 5.75 Å². The number of nitrogens with zero attached hydrogens (tertiary/aromatic N) is 1. The van der Waals surface area contributed by atoms with Crippen molar-refractivity contribution in [3.8, 4) is 5.75 Å². The van der Waals surface area contributed by atoms with Crippen molar-refractivity contribution in [3.05, 3.63) is 29.8 Å². The Morgan fingerprint density at radius 2 is 2.12 bits per heavy atom. The van der Waals surface area contributed by atoms with Gasteiger partial charge in [0.15, 0.2) is 0 Å². The third-order valence-electron chi connectivity index (χ3n) is 4.89. The van der Waals surface area contributed by atoms with Gasteiger partial charge in [0, 0.05) is 31.7 Å². The van der Waals surface area contributed by atoms with E-state index in [-0.39, 0.29) is 30.4 Å². The first-order valence-electron chi connectivity index (χ1n) is 9.45. The second kappa shape index (κ2) is 10.2. The average molecular weight is 362 g/mol. The van der Waals surface area contributed by atoms with Gasteiger partial charge in [0.05, 0.1) is 19.1 Å². The number of aliphatic hydroxyl groups excluding tert-OH is 1. The van der Waals surface area contributed by atoms with Gasteiger partial charge in [0.1, 0.15) is 5.75 Å². The molecule has 2 unspecified atom stereocenters. The van der Waals surface area contributed by atoms with E-state index < -0.39 is 0 Å². The van der Waals surface area contributed by atoms with Crippen molar-refractivity contribution in [2.75, 3.05) is 26.8 Å². The minimum atomic E-state index is -0.326. The van der Waals surface area contributed by atoms with Crippen LogP contribution in [0.1, 0.15) is 50.6 Å². The van der Waals surface area contributed by atoms with Crippen molar-refractivity contribution in [2.24, 2.45) is 5.92 Å². The number of rotatable bonds is 9. The summed E-state index contributed by atoms with van der Waals surface area (Å²) in [5.74, 6) is 0.401. The van der Waals surface area contributed by atoms with E-state index in [0.29, 0.717) is 38.1 Å². The Hall–Kier alpha value is -2.08. The van der Waals surface area contributed by atoms with Crippen LogP contribution in [0, 0.1) is 5.92 Å². The Kier molecular flexibility index (Phi) is 7.91. The number of ether oxygens (including phenoxy) is 1. The summed E-state index contributed by atoms with van der Waals surface area (Å²) in [6.07, 6.45) is 3.31. The molecule has 1 aliphatic rings. The Labute approximate surface area is 155 Å². The van der Waals surface area contributed by atoms with Gasteiger partial charge in [-0.2, -0.15) is 0 Å². The molecular weight excluding hydrogens is 332 g/mol. The van der Waals surface area contributed by atoms with Gasteiger partial charge in [-0.1, -0.05) is 31.5 Å². The van der Waals surface area contributed by atoms with E-state index in [1.54, 1.807) is 7.11 Å². The molecule has 1 fully saturated rings. The molecule has 2 N–H and O–H groups in total. The molecule has 2 amide bonds. The van der Waals surface area contributed by atoms with Crippen LogP contribution in [0.15, 0.2) is 24.3 Å². The number of aliphatic hydroxyl groups is 1. The van der Waals surface area contributed by atoms with Gasteiger partial charge in [-0.3, -0.25) is 9.59 Å². The molecule has 6 nitrogen and oxygen atoms in total. The molecule has 0 saturated carbocycles. The highest BCUT2D eigenvalue weighted by molar-refractivity contribution is 5.85. The van der Waals surface area contributed by atoms with Gasteiger partial charge in [0.2, 0.25) is 11.8 Å². The molecule has 1 aliphatic heterocycles. The standard InChI is InChI=1S/C20H30N2O4/c1-3-4-13-22-18(24)11-10-16(20(25)21-12-7-14-23)19(22)15-8-5-6-9-17(15)26-2/h5-6,8-9,16,19,23H,3-4,7,10-14H2,1-2H3,(H,21,25). The smallest absolute Gasteiger partial charge is 0.225 e. The van der Waals surface area contributed by atoms with Crippen molar-refractivity contribution in [2.45, 2.75) is 45.1 Å². The van der Waals surface area contributed by atoms with Gasteiger partial charge >= 0.3 is 0 Å². The number of carbonyl (C=O) groups is 2. The fourth-order valence-electron chi connectivity index (χ4n) is 3.54.